The lowest BCUT2D eigenvalue weighted by Crippen LogP contribution is -2.11. The highest BCUT2D eigenvalue weighted by atomic mass is 16.5. The molecule has 0 fully saturated rings. The van der Waals surface area contributed by atoms with Crippen LogP contribution in [0.5, 0.6) is 0 Å². The second-order valence-corrected chi connectivity index (χ2v) is 5.84. The molecule has 0 aliphatic heterocycles. The van der Waals surface area contributed by atoms with Gasteiger partial charge in [0.05, 0.1) is 6.10 Å². The maximum absolute atomic E-state index is 5.83. The van der Waals surface area contributed by atoms with E-state index in [9.17, 15) is 0 Å². The van der Waals surface area contributed by atoms with Crippen molar-refractivity contribution < 1.29 is 4.74 Å². The van der Waals surface area contributed by atoms with Crippen molar-refractivity contribution in [2.75, 3.05) is 6.61 Å². The summed E-state index contributed by atoms with van der Waals surface area (Å²) >= 11 is 0. The summed E-state index contributed by atoms with van der Waals surface area (Å²) in [6, 6.07) is 0. The first-order valence-corrected chi connectivity index (χ1v) is 9.11. The van der Waals surface area contributed by atoms with Gasteiger partial charge in [-0.15, -0.1) is 0 Å². The van der Waals surface area contributed by atoms with Gasteiger partial charge in [0.2, 0.25) is 0 Å². The van der Waals surface area contributed by atoms with E-state index in [1.807, 2.05) is 0 Å². The zero-order valence-corrected chi connectivity index (χ0v) is 14.3. The van der Waals surface area contributed by atoms with Gasteiger partial charge >= 0.3 is 0 Å². The van der Waals surface area contributed by atoms with Crippen LogP contribution in [0.3, 0.4) is 0 Å². The van der Waals surface area contributed by atoms with E-state index in [1.165, 1.54) is 70.6 Å². The minimum atomic E-state index is 0.452. The molecule has 0 N–H and O–H groups in total. The molecule has 0 aromatic heterocycles. The Hall–Kier alpha value is -0.300. The van der Waals surface area contributed by atoms with E-state index < -0.39 is 0 Å². The highest BCUT2D eigenvalue weighted by Gasteiger charge is 2.05. The van der Waals surface area contributed by atoms with Crippen LogP contribution >= 0.6 is 0 Å². The largest absolute Gasteiger partial charge is 0.378 e. The van der Waals surface area contributed by atoms with E-state index in [4.69, 9.17) is 4.74 Å². The molecular weight excluding hydrogens is 244 g/mol. The van der Waals surface area contributed by atoms with Gasteiger partial charge in [-0.1, -0.05) is 77.4 Å². The third-order valence-electron chi connectivity index (χ3n) is 3.82. The van der Waals surface area contributed by atoms with Crippen molar-refractivity contribution in [1.82, 2.24) is 0 Å². The summed E-state index contributed by atoms with van der Waals surface area (Å²) in [7, 11) is 0. The lowest BCUT2D eigenvalue weighted by Gasteiger charge is -2.14. The number of allylic oxidation sites excluding steroid dienone is 1. The Labute approximate surface area is 128 Å². The molecule has 0 spiro atoms. The van der Waals surface area contributed by atoms with Crippen LogP contribution in [0.2, 0.25) is 0 Å². The molecular formula is C19H38O. The monoisotopic (exact) mass is 282 g/mol. The molecule has 1 unspecified atom stereocenters. The van der Waals surface area contributed by atoms with Crippen LogP contribution in [0.4, 0.5) is 0 Å². The van der Waals surface area contributed by atoms with Crippen LogP contribution in [0, 0.1) is 0 Å². The number of ether oxygens (including phenoxy) is 1. The first kappa shape index (κ1) is 19.7. The molecule has 20 heavy (non-hydrogen) atoms. The van der Waals surface area contributed by atoms with E-state index in [-0.39, 0.29) is 0 Å². The van der Waals surface area contributed by atoms with E-state index in [2.05, 4.69) is 32.9 Å². The van der Waals surface area contributed by atoms with E-state index in [1.54, 1.807) is 0 Å². The average molecular weight is 283 g/mol. The molecule has 0 radical (unpaired) electrons. The molecule has 0 amide bonds. The molecule has 0 saturated carbocycles. The van der Waals surface area contributed by atoms with Gasteiger partial charge in [-0.2, -0.15) is 0 Å². The lowest BCUT2D eigenvalue weighted by atomic mass is 10.1. The number of rotatable bonds is 15. The molecule has 0 aromatic carbocycles. The standard InChI is InChI=1S/C19H38O/c1-4-7-9-11-12-13-14-16-18-19(20-6-3)17-15-10-8-5-2/h14,16,19H,4-13,15,17-18H2,1-3H3. The highest BCUT2D eigenvalue weighted by molar-refractivity contribution is 4.84. The Morgan fingerprint density at radius 1 is 0.750 bits per heavy atom. The molecule has 1 nitrogen and oxygen atoms in total. The van der Waals surface area contributed by atoms with Crippen molar-refractivity contribution in [3.8, 4) is 0 Å². The molecule has 120 valence electrons. The van der Waals surface area contributed by atoms with Crippen LogP contribution < -0.4 is 0 Å². The molecule has 0 aliphatic carbocycles. The number of hydrogen-bond acceptors (Lipinski definition) is 1. The Balaban J connectivity index is 3.56. The molecule has 0 bridgehead atoms. The highest BCUT2D eigenvalue weighted by Crippen LogP contribution is 2.12. The zero-order chi connectivity index (χ0) is 14.9. The van der Waals surface area contributed by atoms with Crippen molar-refractivity contribution in [3.63, 3.8) is 0 Å². The van der Waals surface area contributed by atoms with Crippen LogP contribution in [-0.2, 0) is 4.74 Å². The molecule has 0 aliphatic rings. The van der Waals surface area contributed by atoms with E-state index >= 15 is 0 Å². The number of unbranched alkanes of at least 4 members (excludes halogenated alkanes) is 8. The van der Waals surface area contributed by atoms with Gasteiger partial charge in [0.1, 0.15) is 0 Å². The fraction of sp³-hybridized carbons (Fsp3) is 0.895. The van der Waals surface area contributed by atoms with Gasteiger partial charge < -0.3 is 4.74 Å². The SMILES string of the molecule is CCCCCCCC=CCC(CCCCCC)OCC. The summed E-state index contributed by atoms with van der Waals surface area (Å²) in [6.45, 7) is 7.50. The Morgan fingerprint density at radius 2 is 1.40 bits per heavy atom. The zero-order valence-electron chi connectivity index (χ0n) is 14.3. The normalized spacial score (nSPS) is 13.2. The van der Waals surface area contributed by atoms with Crippen molar-refractivity contribution in [2.45, 2.75) is 104 Å². The van der Waals surface area contributed by atoms with Crippen LogP contribution in [-0.4, -0.2) is 12.7 Å². The average Bonchev–Trinajstić information content (AvgIpc) is 2.46. The maximum atomic E-state index is 5.83. The molecule has 0 aromatic rings. The molecule has 1 atom stereocenters. The van der Waals surface area contributed by atoms with Gasteiger partial charge in [0.25, 0.3) is 0 Å². The Kier molecular flexibility index (Phi) is 16.5. The predicted molar refractivity (Wildman–Crippen MR) is 91.3 cm³/mol. The lowest BCUT2D eigenvalue weighted by molar-refractivity contribution is 0.0570. The maximum Gasteiger partial charge on any atom is 0.0609 e. The van der Waals surface area contributed by atoms with Crippen molar-refractivity contribution in [3.05, 3.63) is 12.2 Å². The smallest absolute Gasteiger partial charge is 0.0609 e. The third kappa shape index (κ3) is 14.1. The summed E-state index contributed by atoms with van der Waals surface area (Å²) in [6.07, 6.45) is 21.0. The molecule has 0 heterocycles. The first-order chi connectivity index (χ1) is 9.85. The topological polar surface area (TPSA) is 9.23 Å². The molecule has 1 heteroatoms. The summed E-state index contributed by atoms with van der Waals surface area (Å²) in [5.41, 5.74) is 0. The van der Waals surface area contributed by atoms with Crippen molar-refractivity contribution in [1.29, 1.82) is 0 Å². The van der Waals surface area contributed by atoms with E-state index in [0.29, 0.717) is 6.10 Å². The Bertz CT molecular complexity index is 198. The fourth-order valence-electron chi connectivity index (χ4n) is 2.54. The van der Waals surface area contributed by atoms with Crippen LogP contribution in [0.15, 0.2) is 12.2 Å². The first-order valence-electron chi connectivity index (χ1n) is 9.11. The Morgan fingerprint density at radius 3 is 2.05 bits per heavy atom. The quantitative estimate of drug-likeness (QED) is 0.241. The van der Waals surface area contributed by atoms with Gasteiger partial charge in [-0.3, -0.25) is 0 Å². The van der Waals surface area contributed by atoms with Gasteiger partial charge in [0, 0.05) is 6.61 Å². The minimum absolute atomic E-state index is 0.452. The van der Waals surface area contributed by atoms with Crippen molar-refractivity contribution >= 4 is 0 Å². The van der Waals surface area contributed by atoms with Gasteiger partial charge in [0.15, 0.2) is 0 Å². The molecule has 0 saturated heterocycles. The van der Waals surface area contributed by atoms with Gasteiger partial charge in [-0.25, -0.2) is 0 Å². The summed E-state index contributed by atoms with van der Waals surface area (Å²) in [5, 5.41) is 0. The fourth-order valence-corrected chi connectivity index (χ4v) is 2.54. The molecule has 0 rings (SSSR count). The summed E-state index contributed by atoms with van der Waals surface area (Å²) in [5.74, 6) is 0. The second-order valence-electron chi connectivity index (χ2n) is 5.84. The van der Waals surface area contributed by atoms with E-state index in [0.717, 1.165) is 13.0 Å². The van der Waals surface area contributed by atoms with Crippen LogP contribution in [0.1, 0.15) is 97.8 Å². The third-order valence-corrected chi connectivity index (χ3v) is 3.82. The summed E-state index contributed by atoms with van der Waals surface area (Å²) < 4.78 is 5.83. The second kappa shape index (κ2) is 16.8. The van der Waals surface area contributed by atoms with Crippen molar-refractivity contribution in [2.24, 2.45) is 0 Å². The predicted octanol–water partition coefficient (Wildman–Crippen LogP) is 6.67. The van der Waals surface area contributed by atoms with Gasteiger partial charge in [-0.05, 0) is 32.6 Å². The minimum Gasteiger partial charge on any atom is -0.378 e. The summed E-state index contributed by atoms with van der Waals surface area (Å²) in [4.78, 5) is 0. The number of hydrogen-bond donors (Lipinski definition) is 0. The van der Waals surface area contributed by atoms with Crippen LogP contribution in [0.25, 0.3) is 0 Å².